The van der Waals surface area contributed by atoms with E-state index in [1.807, 2.05) is 14.1 Å². The second-order valence-electron chi connectivity index (χ2n) is 6.25. The zero-order valence-electron chi connectivity index (χ0n) is 15.1. The Labute approximate surface area is 144 Å². The third-order valence-corrected chi connectivity index (χ3v) is 4.44. The average Bonchev–Trinajstić information content (AvgIpc) is 2.62. The van der Waals surface area contributed by atoms with Crippen molar-refractivity contribution in [1.29, 1.82) is 0 Å². The number of methoxy groups -OCH3 is 1. The number of anilines is 1. The van der Waals surface area contributed by atoms with Gasteiger partial charge in [0.2, 0.25) is 0 Å². The second-order valence-corrected chi connectivity index (χ2v) is 6.25. The van der Waals surface area contributed by atoms with Crippen molar-refractivity contribution in [2.45, 2.75) is 19.4 Å². The van der Waals surface area contributed by atoms with E-state index in [0.717, 1.165) is 38.4 Å². The van der Waals surface area contributed by atoms with E-state index in [1.54, 1.807) is 7.05 Å². The maximum absolute atomic E-state index is 11.6. The number of carbonyl (C=O) groups excluding carboxylic acids is 1. The molecule has 0 aliphatic carbocycles. The van der Waals surface area contributed by atoms with Crippen LogP contribution in [0.5, 0.6) is 0 Å². The van der Waals surface area contributed by atoms with Crippen molar-refractivity contribution in [3.05, 3.63) is 29.8 Å². The third-order valence-electron chi connectivity index (χ3n) is 4.44. The number of piperidine rings is 1. The number of guanidine groups is 1. The molecule has 0 saturated carbocycles. The first-order chi connectivity index (χ1) is 11.5. The Morgan fingerprint density at radius 1 is 1.29 bits per heavy atom. The molecule has 1 aromatic rings. The molecule has 6 nitrogen and oxygen atoms in total. The summed E-state index contributed by atoms with van der Waals surface area (Å²) >= 11 is 0. The lowest BCUT2D eigenvalue weighted by atomic mass is 9.97. The van der Waals surface area contributed by atoms with E-state index in [0.29, 0.717) is 0 Å². The normalized spacial score (nSPS) is 16.0. The largest absolute Gasteiger partial charge is 0.469 e. The van der Waals surface area contributed by atoms with Crippen molar-refractivity contribution in [2.75, 3.05) is 46.2 Å². The van der Waals surface area contributed by atoms with Crippen molar-refractivity contribution in [3.8, 4) is 0 Å². The number of ether oxygens (including phenoxy) is 1. The predicted molar refractivity (Wildman–Crippen MR) is 97.3 cm³/mol. The first kappa shape index (κ1) is 18.1. The van der Waals surface area contributed by atoms with Crippen LogP contribution in [0.25, 0.3) is 0 Å². The van der Waals surface area contributed by atoms with Crippen LogP contribution in [0.1, 0.15) is 18.4 Å². The van der Waals surface area contributed by atoms with Crippen LogP contribution >= 0.6 is 0 Å². The van der Waals surface area contributed by atoms with Gasteiger partial charge in [0, 0.05) is 46.5 Å². The van der Waals surface area contributed by atoms with Crippen LogP contribution in [-0.2, 0) is 16.1 Å². The Morgan fingerprint density at radius 2 is 1.92 bits per heavy atom. The van der Waals surface area contributed by atoms with Crippen LogP contribution < -0.4 is 10.2 Å². The summed E-state index contributed by atoms with van der Waals surface area (Å²) in [6.45, 7) is 2.37. The number of esters is 1. The van der Waals surface area contributed by atoms with Crippen molar-refractivity contribution in [3.63, 3.8) is 0 Å². The van der Waals surface area contributed by atoms with Gasteiger partial charge < -0.3 is 19.9 Å². The fraction of sp³-hybridized carbons (Fsp3) is 0.556. The molecule has 0 bridgehead atoms. The summed E-state index contributed by atoms with van der Waals surface area (Å²) in [5.41, 5.74) is 2.40. The average molecular weight is 332 g/mol. The number of aliphatic imine (C=N–C) groups is 1. The van der Waals surface area contributed by atoms with Gasteiger partial charge in [-0.3, -0.25) is 9.79 Å². The molecule has 0 radical (unpaired) electrons. The summed E-state index contributed by atoms with van der Waals surface area (Å²) in [4.78, 5) is 20.3. The van der Waals surface area contributed by atoms with E-state index >= 15 is 0 Å². The lowest BCUT2D eigenvalue weighted by molar-refractivity contribution is -0.146. The Balaban J connectivity index is 1.86. The summed E-state index contributed by atoms with van der Waals surface area (Å²) < 4.78 is 4.84. The first-order valence-corrected chi connectivity index (χ1v) is 8.35. The van der Waals surface area contributed by atoms with Gasteiger partial charge in [-0.05, 0) is 30.5 Å². The van der Waals surface area contributed by atoms with Crippen LogP contribution in [0, 0.1) is 5.92 Å². The minimum Gasteiger partial charge on any atom is -0.469 e. The van der Waals surface area contributed by atoms with E-state index in [1.165, 1.54) is 18.4 Å². The highest BCUT2D eigenvalue weighted by Gasteiger charge is 2.26. The number of rotatable bonds is 4. The van der Waals surface area contributed by atoms with E-state index in [4.69, 9.17) is 4.74 Å². The first-order valence-electron chi connectivity index (χ1n) is 8.35. The molecule has 1 aliphatic heterocycles. The Hall–Kier alpha value is -2.24. The van der Waals surface area contributed by atoms with Crippen molar-refractivity contribution in [1.82, 2.24) is 10.2 Å². The predicted octanol–water partition coefficient (Wildman–Crippen LogP) is 1.71. The number of nitrogens with one attached hydrogen (secondary N) is 1. The lowest BCUT2D eigenvalue weighted by Gasteiger charge is -2.33. The highest BCUT2D eigenvalue weighted by atomic mass is 16.5. The summed E-state index contributed by atoms with van der Waals surface area (Å²) in [5.74, 6) is 0.802. The summed E-state index contributed by atoms with van der Waals surface area (Å²) in [6, 6.07) is 8.47. The van der Waals surface area contributed by atoms with E-state index < -0.39 is 0 Å². The van der Waals surface area contributed by atoms with Gasteiger partial charge in [0.15, 0.2) is 5.96 Å². The molecule has 24 heavy (non-hydrogen) atoms. The molecule has 1 fully saturated rings. The zero-order valence-corrected chi connectivity index (χ0v) is 15.1. The number of likely N-dealkylation sites (tertiary alicyclic amines) is 1. The fourth-order valence-electron chi connectivity index (χ4n) is 2.92. The van der Waals surface area contributed by atoms with E-state index in [9.17, 15) is 4.79 Å². The molecule has 0 aromatic heterocycles. The molecule has 6 heteroatoms. The number of nitrogens with zero attached hydrogens (tertiary/aromatic N) is 3. The highest BCUT2D eigenvalue weighted by Crippen LogP contribution is 2.18. The minimum atomic E-state index is -0.0985. The van der Waals surface area contributed by atoms with Crippen LogP contribution in [0.15, 0.2) is 29.3 Å². The maximum atomic E-state index is 11.6. The molecule has 0 atom stereocenters. The molecule has 1 N–H and O–H groups in total. The van der Waals surface area contributed by atoms with Gasteiger partial charge in [-0.15, -0.1) is 0 Å². The van der Waals surface area contributed by atoms with Crippen LogP contribution in [-0.4, -0.2) is 58.2 Å². The van der Waals surface area contributed by atoms with E-state index in [-0.39, 0.29) is 11.9 Å². The molecular weight excluding hydrogens is 304 g/mol. The quantitative estimate of drug-likeness (QED) is 0.517. The number of hydrogen-bond donors (Lipinski definition) is 1. The van der Waals surface area contributed by atoms with Crippen molar-refractivity contribution in [2.24, 2.45) is 10.9 Å². The molecular formula is C18H28N4O2. The smallest absolute Gasteiger partial charge is 0.308 e. The number of benzene rings is 1. The third kappa shape index (κ3) is 4.63. The molecule has 1 heterocycles. The van der Waals surface area contributed by atoms with Crippen LogP contribution in [0.3, 0.4) is 0 Å². The number of hydrogen-bond acceptors (Lipinski definition) is 4. The molecule has 1 aromatic carbocycles. The molecule has 0 unspecified atom stereocenters. The standard InChI is InChI=1S/C18H28N4O2/c1-19-18(22-11-9-15(10-12-22)17(23)24-4)20-13-14-5-7-16(8-6-14)21(2)3/h5-8,15H,9-13H2,1-4H3,(H,19,20). The number of carbonyl (C=O) groups is 1. The maximum Gasteiger partial charge on any atom is 0.308 e. The molecule has 0 spiro atoms. The Kier molecular flexibility index (Phi) is 6.46. The molecule has 132 valence electrons. The highest BCUT2D eigenvalue weighted by molar-refractivity contribution is 5.80. The molecule has 2 rings (SSSR count). The van der Waals surface area contributed by atoms with Gasteiger partial charge in [0.25, 0.3) is 0 Å². The van der Waals surface area contributed by atoms with Crippen LogP contribution in [0.4, 0.5) is 5.69 Å². The minimum absolute atomic E-state index is 0.0166. The van der Waals surface area contributed by atoms with Gasteiger partial charge in [-0.25, -0.2) is 0 Å². The molecule has 0 amide bonds. The van der Waals surface area contributed by atoms with Crippen molar-refractivity contribution >= 4 is 17.6 Å². The van der Waals surface area contributed by atoms with Gasteiger partial charge >= 0.3 is 5.97 Å². The van der Waals surface area contributed by atoms with Gasteiger partial charge in [0.05, 0.1) is 13.0 Å². The van der Waals surface area contributed by atoms with Gasteiger partial charge in [-0.2, -0.15) is 0 Å². The summed E-state index contributed by atoms with van der Waals surface area (Å²) in [7, 11) is 7.32. The van der Waals surface area contributed by atoms with Gasteiger partial charge in [-0.1, -0.05) is 12.1 Å². The topological polar surface area (TPSA) is 57.2 Å². The van der Waals surface area contributed by atoms with E-state index in [2.05, 4.69) is 44.4 Å². The summed E-state index contributed by atoms with van der Waals surface area (Å²) in [5, 5.41) is 3.41. The second kappa shape index (κ2) is 8.57. The van der Waals surface area contributed by atoms with Crippen LogP contribution in [0.2, 0.25) is 0 Å². The Bertz CT molecular complexity index is 561. The van der Waals surface area contributed by atoms with Gasteiger partial charge in [0.1, 0.15) is 0 Å². The Morgan fingerprint density at radius 3 is 2.42 bits per heavy atom. The fourth-order valence-corrected chi connectivity index (χ4v) is 2.92. The molecule has 1 saturated heterocycles. The zero-order chi connectivity index (χ0) is 17.5. The molecule has 1 aliphatic rings. The SMILES string of the molecule is CN=C(NCc1ccc(N(C)C)cc1)N1CCC(C(=O)OC)CC1. The monoisotopic (exact) mass is 332 g/mol. The lowest BCUT2D eigenvalue weighted by Crippen LogP contribution is -2.46. The summed E-state index contributed by atoms with van der Waals surface area (Å²) in [6.07, 6.45) is 1.62. The van der Waals surface area contributed by atoms with Crippen molar-refractivity contribution < 1.29 is 9.53 Å².